The van der Waals surface area contributed by atoms with Crippen molar-refractivity contribution >= 4 is 17.1 Å². The Bertz CT molecular complexity index is 1080. The van der Waals surface area contributed by atoms with Gasteiger partial charge in [0, 0.05) is 13.1 Å². The van der Waals surface area contributed by atoms with Crippen LogP contribution in [0.3, 0.4) is 0 Å². The molecule has 28 heavy (non-hydrogen) atoms. The molecule has 9 nitrogen and oxygen atoms in total. The summed E-state index contributed by atoms with van der Waals surface area (Å²) in [5, 5.41) is 8.08. The summed E-state index contributed by atoms with van der Waals surface area (Å²) in [4.78, 5) is 31.5. The third kappa shape index (κ3) is 3.40. The number of carbonyl (C=O) groups excluding carboxylic acids is 1. The average Bonchev–Trinajstić information content (AvgIpc) is 3.08. The van der Waals surface area contributed by atoms with Crippen molar-refractivity contribution < 1.29 is 9.53 Å². The van der Waals surface area contributed by atoms with E-state index in [1.165, 1.54) is 15.6 Å². The maximum Gasteiger partial charge on any atom is 0.284 e. The molecule has 3 aromatic rings. The van der Waals surface area contributed by atoms with E-state index in [0.717, 1.165) is 11.3 Å². The van der Waals surface area contributed by atoms with Gasteiger partial charge in [-0.25, -0.2) is 4.98 Å². The summed E-state index contributed by atoms with van der Waals surface area (Å²) in [5.74, 6) is -0.142. The zero-order valence-electron chi connectivity index (χ0n) is 16.1. The average molecular weight is 382 g/mol. The van der Waals surface area contributed by atoms with Crippen molar-refractivity contribution in [2.45, 2.75) is 39.5 Å². The lowest BCUT2D eigenvalue weighted by Crippen LogP contribution is -2.49. The predicted molar refractivity (Wildman–Crippen MR) is 102 cm³/mol. The topological polar surface area (TPSA) is 95.1 Å². The van der Waals surface area contributed by atoms with Gasteiger partial charge >= 0.3 is 0 Å². The fourth-order valence-electron chi connectivity index (χ4n) is 3.52. The number of nitrogens with zero attached hydrogens (tertiary/aromatic N) is 6. The second-order valence-corrected chi connectivity index (χ2v) is 7.25. The first kappa shape index (κ1) is 18.3. The van der Waals surface area contributed by atoms with Crippen LogP contribution >= 0.6 is 0 Å². The van der Waals surface area contributed by atoms with Gasteiger partial charge in [-0.3, -0.25) is 14.2 Å². The fraction of sp³-hybridized carbons (Fsp3) is 0.421. The van der Waals surface area contributed by atoms with Crippen molar-refractivity contribution in [1.29, 1.82) is 0 Å². The molecule has 1 aliphatic rings. The number of ether oxygens (including phenoxy) is 1. The lowest BCUT2D eigenvalue weighted by molar-refractivity contribution is -0.143. The molecule has 2 aromatic heterocycles. The molecule has 0 spiro atoms. The van der Waals surface area contributed by atoms with Gasteiger partial charge in [-0.05, 0) is 38.5 Å². The van der Waals surface area contributed by atoms with Crippen LogP contribution in [-0.4, -0.2) is 60.6 Å². The summed E-state index contributed by atoms with van der Waals surface area (Å²) in [7, 11) is 0. The normalized spacial score (nSPS) is 19.9. The Labute approximate surface area is 161 Å². The van der Waals surface area contributed by atoms with Gasteiger partial charge in [-0.1, -0.05) is 17.3 Å². The highest BCUT2D eigenvalue weighted by Crippen LogP contribution is 2.14. The number of rotatable bonds is 3. The SMILES string of the molecule is Cc1cccc(-n2nnc3c(=O)n(CC(=O)N4C[C@@H](C)O[C@@H](C)C4)cnc32)c1. The van der Waals surface area contributed by atoms with Gasteiger partial charge < -0.3 is 9.64 Å². The van der Waals surface area contributed by atoms with Crippen molar-refractivity contribution in [3.63, 3.8) is 0 Å². The van der Waals surface area contributed by atoms with Crippen LogP contribution in [0.2, 0.25) is 0 Å². The van der Waals surface area contributed by atoms with Gasteiger partial charge in [-0.2, -0.15) is 4.68 Å². The minimum Gasteiger partial charge on any atom is -0.372 e. The number of fused-ring (bicyclic) bond motifs is 1. The van der Waals surface area contributed by atoms with E-state index in [2.05, 4.69) is 15.3 Å². The highest BCUT2D eigenvalue weighted by atomic mass is 16.5. The molecule has 9 heteroatoms. The lowest BCUT2D eigenvalue weighted by Gasteiger charge is -2.35. The number of aromatic nitrogens is 5. The summed E-state index contributed by atoms with van der Waals surface area (Å²) < 4.78 is 8.47. The summed E-state index contributed by atoms with van der Waals surface area (Å²) in [6.45, 7) is 6.77. The molecule has 1 aliphatic heterocycles. The predicted octanol–water partition coefficient (Wildman–Crippen LogP) is 0.921. The molecule has 0 N–H and O–H groups in total. The zero-order chi connectivity index (χ0) is 19.8. The Hall–Kier alpha value is -3.07. The van der Waals surface area contributed by atoms with Gasteiger partial charge in [0.2, 0.25) is 5.91 Å². The van der Waals surface area contributed by atoms with Crippen molar-refractivity contribution in [2.24, 2.45) is 0 Å². The van der Waals surface area contributed by atoms with E-state index in [9.17, 15) is 9.59 Å². The molecule has 4 rings (SSSR count). The molecule has 1 amide bonds. The summed E-state index contributed by atoms with van der Waals surface area (Å²) in [6.07, 6.45) is 1.32. The van der Waals surface area contributed by atoms with Crippen molar-refractivity contribution in [3.8, 4) is 5.69 Å². The van der Waals surface area contributed by atoms with E-state index < -0.39 is 0 Å². The van der Waals surface area contributed by atoms with Crippen LogP contribution in [-0.2, 0) is 16.1 Å². The summed E-state index contributed by atoms with van der Waals surface area (Å²) >= 11 is 0. The van der Waals surface area contributed by atoms with Gasteiger partial charge in [0.05, 0.1) is 17.9 Å². The highest BCUT2D eigenvalue weighted by molar-refractivity contribution is 5.77. The number of amides is 1. The molecule has 0 bridgehead atoms. The van der Waals surface area contributed by atoms with Gasteiger partial charge in [0.1, 0.15) is 12.9 Å². The quantitative estimate of drug-likeness (QED) is 0.669. The van der Waals surface area contributed by atoms with Gasteiger partial charge in [0.25, 0.3) is 5.56 Å². The molecule has 146 valence electrons. The van der Waals surface area contributed by atoms with Gasteiger partial charge in [-0.15, -0.1) is 5.10 Å². The minimum absolute atomic E-state index is 0.0285. The van der Waals surface area contributed by atoms with Crippen LogP contribution in [0.4, 0.5) is 0 Å². The number of carbonyl (C=O) groups is 1. The number of morpholine rings is 1. The van der Waals surface area contributed by atoms with Crippen molar-refractivity contribution in [2.75, 3.05) is 13.1 Å². The first-order valence-corrected chi connectivity index (χ1v) is 9.23. The molecule has 1 aromatic carbocycles. The Morgan fingerprint density at radius 1 is 1.25 bits per heavy atom. The molecule has 1 saturated heterocycles. The molecular formula is C19H22N6O3. The van der Waals surface area contributed by atoms with E-state index in [-0.39, 0.29) is 35.7 Å². The number of hydrogen-bond donors (Lipinski definition) is 0. The molecule has 0 unspecified atom stereocenters. The van der Waals surface area contributed by atoms with Crippen LogP contribution in [0.1, 0.15) is 19.4 Å². The second-order valence-electron chi connectivity index (χ2n) is 7.25. The zero-order valence-corrected chi connectivity index (χ0v) is 16.1. The Morgan fingerprint density at radius 3 is 2.71 bits per heavy atom. The third-order valence-electron chi connectivity index (χ3n) is 4.75. The Morgan fingerprint density at radius 2 is 2.00 bits per heavy atom. The van der Waals surface area contributed by atoms with E-state index >= 15 is 0 Å². The van der Waals surface area contributed by atoms with E-state index in [1.807, 2.05) is 45.0 Å². The van der Waals surface area contributed by atoms with Crippen molar-refractivity contribution in [3.05, 3.63) is 46.5 Å². The van der Waals surface area contributed by atoms with Crippen LogP contribution in [0.15, 0.2) is 35.4 Å². The molecule has 0 radical (unpaired) electrons. The number of benzene rings is 1. The van der Waals surface area contributed by atoms with Crippen LogP contribution in [0.25, 0.3) is 16.9 Å². The third-order valence-corrected chi connectivity index (χ3v) is 4.75. The van der Waals surface area contributed by atoms with E-state index in [1.54, 1.807) is 4.90 Å². The van der Waals surface area contributed by atoms with Crippen molar-refractivity contribution in [1.82, 2.24) is 29.4 Å². The number of aryl methyl sites for hydroxylation is 1. The fourth-order valence-corrected chi connectivity index (χ4v) is 3.52. The molecular weight excluding hydrogens is 360 g/mol. The molecule has 0 saturated carbocycles. The summed E-state index contributed by atoms with van der Waals surface area (Å²) in [6, 6.07) is 7.69. The first-order valence-electron chi connectivity index (χ1n) is 9.23. The molecule has 1 fully saturated rings. The summed E-state index contributed by atoms with van der Waals surface area (Å²) in [5.41, 5.74) is 1.97. The maximum atomic E-state index is 12.8. The van der Waals surface area contributed by atoms with E-state index in [4.69, 9.17) is 4.74 Å². The molecule has 0 aliphatic carbocycles. The Balaban J connectivity index is 1.62. The van der Waals surface area contributed by atoms with Crippen LogP contribution in [0.5, 0.6) is 0 Å². The van der Waals surface area contributed by atoms with Gasteiger partial charge in [0.15, 0.2) is 11.2 Å². The second kappa shape index (κ2) is 7.16. The minimum atomic E-state index is -0.383. The largest absolute Gasteiger partial charge is 0.372 e. The van der Waals surface area contributed by atoms with Crippen LogP contribution in [0, 0.1) is 6.92 Å². The first-order chi connectivity index (χ1) is 13.4. The van der Waals surface area contributed by atoms with Crippen LogP contribution < -0.4 is 5.56 Å². The maximum absolute atomic E-state index is 12.8. The molecule has 2 atom stereocenters. The Kier molecular flexibility index (Phi) is 4.68. The monoisotopic (exact) mass is 382 g/mol. The van der Waals surface area contributed by atoms with E-state index in [0.29, 0.717) is 18.7 Å². The molecule has 3 heterocycles. The highest BCUT2D eigenvalue weighted by Gasteiger charge is 2.26. The standard InChI is InChI=1S/C19H22N6O3/c1-12-5-4-6-15(7-12)25-18-17(21-22-25)19(27)24(11-20-18)10-16(26)23-8-13(2)28-14(3)9-23/h4-7,11,13-14H,8-10H2,1-3H3/t13-,14+. The number of hydrogen-bond acceptors (Lipinski definition) is 6. The lowest BCUT2D eigenvalue weighted by atomic mass is 10.2. The smallest absolute Gasteiger partial charge is 0.284 e.